The number of hydrogen-bond donors (Lipinski definition) is 1. The summed E-state index contributed by atoms with van der Waals surface area (Å²) in [5.74, 6) is 0.467. The standard InChI is InChI=1S/C18H21N5O3S/c1-21-7-8-23(16(24)14-10-19-17(27-3)20-15(14)21)13-6-4-5-12(9-13)11-22(2)18(25)26/h4-6,9-10H,7-8,11H2,1-3H3,(H,25,26). The number of carboxylic acid groups (broad SMARTS) is 1. The normalized spacial score (nSPS) is 14.0. The third kappa shape index (κ3) is 3.97. The molecule has 9 heteroatoms. The van der Waals surface area contributed by atoms with E-state index in [9.17, 15) is 9.59 Å². The number of amides is 2. The number of likely N-dealkylation sites (N-methyl/N-ethyl adjacent to an activating group) is 1. The topological polar surface area (TPSA) is 89.9 Å². The summed E-state index contributed by atoms with van der Waals surface area (Å²) in [4.78, 5) is 37.8. The first-order chi connectivity index (χ1) is 12.9. The monoisotopic (exact) mass is 387 g/mol. The van der Waals surface area contributed by atoms with Crippen LogP contribution in [0.5, 0.6) is 0 Å². The molecule has 1 aliphatic rings. The minimum Gasteiger partial charge on any atom is -0.465 e. The van der Waals surface area contributed by atoms with Gasteiger partial charge in [0.1, 0.15) is 11.4 Å². The molecule has 2 amide bonds. The van der Waals surface area contributed by atoms with Gasteiger partial charge in [-0.15, -0.1) is 0 Å². The molecule has 0 fully saturated rings. The van der Waals surface area contributed by atoms with E-state index in [1.165, 1.54) is 23.7 Å². The number of nitrogens with zero attached hydrogens (tertiary/aromatic N) is 5. The SMILES string of the molecule is CSc1ncc2c(n1)N(C)CCN(c1cccc(CN(C)C(=O)O)c1)C2=O. The van der Waals surface area contributed by atoms with Crippen LogP contribution < -0.4 is 9.80 Å². The van der Waals surface area contributed by atoms with Gasteiger partial charge in [-0.25, -0.2) is 14.8 Å². The molecular formula is C18H21N5O3S. The van der Waals surface area contributed by atoms with E-state index in [1.54, 1.807) is 11.1 Å². The molecule has 0 bridgehead atoms. The van der Waals surface area contributed by atoms with Crippen molar-refractivity contribution in [2.45, 2.75) is 11.7 Å². The van der Waals surface area contributed by atoms with E-state index in [2.05, 4.69) is 9.97 Å². The fourth-order valence-corrected chi connectivity index (χ4v) is 3.25. The molecule has 0 saturated carbocycles. The Morgan fingerprint density at radius 3 is 2.85 bits per heavy atom. The average Bonchev–Trinajstić information content (AvgIpc) is 2.78. The van der Waals surface area contributed by atoms with Gasteiger partial charge in [-0.05, 0) is 24.0 Å². The van der Waals surface area contributed by atoms with Gasteiger partial charge in [0.2, 0.25) is 0 Å². The maximum absolute atomic E-state index is 13.1. The Morgan fingerprint density at radius 2 is 2.15 bits per heavy atom. The van der Waals surface area contributed by atoms with E-state index in [0.717, 1.165) is 11.3 Å². The lowest BCUT2D eigenvalue weighted by Gasteiger charge is -2.22. The van der Waals surface area contributed by atoms with Crippen molar-refractivity contribution in [2.24, 2.45) is 0 Å². The van der Waals surface area contributed by atoms with Crippen molar-refractivity contribution in [3.8, 4) is 0 Å². The highest BCUT2D eigenvalue weighted by Gasteiger charge is 2.28. The number of thioether (sulfide) groups is 1. The number of aromatic nitrogens is 2. The molecule has 0 saturated heterocycles. The lowest BCUT2D eigenvalue weighted by atomic mass is 10.1. The van der Waals surface area contributed by atoms with Crippen LogP contribution in [0.25, 0.3) is 0 Å². The Bertz CT molecular complexity index is 876. The number of anilines is 2. The minimum absolute atomic E-state index is 0.161. The highest BCUT2D eigenvalue weighted by atomic mass is 32.2. The summed E-state index contributed by atoms with van der Waals surface area (Å²) >= 11 is 1.43. The molecule has 1 aromatic carbocycles. The van der Waals surface area contributed by atoms with Gasteiger partial charge >= 0.3 is 6.09 Å². The van der Waals surface area contributed by atoms with Gasteiger partial charge in [0, 0.05) is 45.6 Å². The third-order valence-corrected chi connectivity index (χ3v) is 4.96. The van der Waals surface area contributed by atoms with E-state index in [0.29, 0.717) is 29.6 Å². The van der Waals surface area contributed by atoms with Crippen molar-refractivity contribution in [1.29, 1.82) is 0 Å². The van der Waals surface area contributed by atoms with Crippen LogP contribution in [0.15, 0.2) is 35.6 Å². The molecule has 0 atom stereocenters. The van der Waals surface area contributed by atoms with Gasteiger partial charge in [-0.1, -0.05) is 23.9 Å². The number of benzene rings is 1. The van der Waals surface area contributed by atoms with E-state index in [1.807, 2.05) is 42.5 Å². The Balaban J connectivity index is 1.93. The molecule has 0 spiro atoms. The van der Waals surface area contributed by atoms with Crippen LogP contribution in [0.2, 0.25) is 0 Å². The van der Waals surface area contributed by atoms with Gasteiger partial charge < -0.3 is 19.8 Å². The van der Waals surface area contributed by atoms with Crippen molar-refractivity contribution >= 4 is 35.3 Å². The lowest BCUT2D eigenvalue weighted by Crippen LogP contribution is -2.34. The lowest BCUT2D eigenvalue weighted by molar-refractivity contribution is 0.0989. The van der Waals surface area contributed by atoms with Crippen LogP contribution in [0.4, 0.5) is 16.3 Å². The molecule has 1 aliphatic heterocycles. The first-order valence-corrected chi connectivity index (χ1v) is 9.60. The summed E-state index contributed by atoms with van der Waals surface area (Å²) in [5.41, 5.74) is 2.00. The first-order valence-electron chi connectivity index (χ1n) is 8.37. The second-order valence-corrected chi connectivity index (χ2v) is 7.05. The highest BCUT2D eigenvalue weighted by molar-refractivity contribution is 7.98. The Morgan fingerprint density at radius 1 is 1.37 bits per heavy atom. The average molecular weight is 387 g/mol. The maximum atomic E-state index is 13.1. The van der Waals surface area contributed by atoms with E-state index < -0.39 is 6.09 Å². The van der Waals surface area contributed by atoms with Crippen LogP contribution >= 0.6 is 11.8 Å². The van der Waals surface area contributed by atoms with Gasteiger partial charge in [-0.2, -0.15) is 0 Å². The second kappa shape index (κ2) is 7.83. The van der Waals surface area contributed by atoms with E-state index in [4.69, 9.17) is 5.11 Å². The fourth-order valence-electron chi connectivity index (χ4n) is 2.91. The van der Waals surface area contributed by atoms with Gasteiger partial charge in [-0.3, -0.25) is 4.79 Å². The summed E-state index contributed by atoms with van der Waals surface area (Å²) in [5, 5.41) is 9.69. The number of rotatable bonds is 4. The maximum Gasteiger partial charge on any atom is 0.407 e. The number of carbonyl (C=O) groups is 2. The van der Waals surface area contributed by atoms with Crippen LogP contribution in [0, 0.1) is 0 Å². The smallest absolute Gasteiger partial charge is 0.407 e. The van der Waals surface area contributed by atoms with Gasteiger partial charge in [0.15, 0.2) is 5.16 Å². The number of fused-ring (bicyclic) bond motifs is 1. The first kappa shape index (κ1) is 19.0. The molecule has 8 nitrogen and oxygen atoms in total. The molecule has 1 aromatic heterocycles. The predicted octanol–water partition coefficient (Wildman–Crippen LogP) is 2.40. The Kier molecular flexibility index (Phi) is 5.50. The molecule has 142 valence electrons. The van der Waals surface area contributed by atoms with Crippen LogP contribution in [0.1, 0.15) is 15.9 Å². The van der Waals surface area contributed by atoms with Gasteiger partial charge in [0.25, 0.3) is 5.91 Å². The van der Waals surface area contributed by atoms with Crippen LogP contribution in [0.3, 0.4) is 0 Å². The summed E-state index contributed by atoms with van der Waals surface area (Å²) in [6.45, 7) is 1.38. The Labute approximate surface area is 161 Å². The Hall–Kier alpha value is -2.81. The van der Waals surface area contributed by atoms with Crippen LogP contribution in [-0.2, 0) is 6.54 Å². The van der Waals surface area contributed by atoms with Crippen molar-refractivity contribution in [3.05, 3.63) is 41.6 Å². The molecule has 3 rings (SSSR count). The largest absolute Gasteiger partial charge is 0.465 e. The highest BCUT2D eigenvalue weighted by Crippen LogP contribution is 2.27. The molecular weight excluding hydrogens is 366 g/mol. The molecule has 27 heavy (non-hydrogen) atoms. The zero-order chi connectivity index (χ0) is 19.6. The van der Waals surface area contributed by atoms with Gasteiger partial charge in [0.05, 0.1) is 0 Å². The van der Waals surface area contributed by atoms with E-state index in [-0.39, 0.29) is 12.5 Å². The van der Waals surface area contributed by atoms with Crippen LogP contribution in [-0.4, -0.2) is 65.4 Å². The zero-order valence-corrected chi connectivity index (χ0v) is 16.2. The molecule has 2 aromatic rings. The summed E-state index contributed by atoms with van der Waals surface area (Å²) in [6.07, 6.45) is 2.48. The molecule has 1 N–H and O–H groups in total. The van der Waals surface area contributed by atoms with E-state index >= 15 is 0 Å². The summed E-state index contributed by atoms with van der Waals surface area (Å²) in [7, 11) is 3.42. The molecule has 0 unspecified atom stereocenters. The third-order valence-electron chi connectivity index (χ3n) is 4.39. The zero-order valence-electron chi connectivity index (χ0n) is 15.4. The minimum atomic E-state index is -0.997. The second-order valence-electron chi connectivity index (χ2n) is 6.28. The number of carbonyl (C=O) groups excluding carboxylic acids is 1. The molecule has 2 heterocycles. The molecule has 0 radical (unpaired) electrons. The quantitative estimate of drug-likeness (QED) is 0.636. The number of hydrogen-bond acceptors (Lipinski definition) is 6. The summed E-state index contributed by atoms with van der Waals surface area (Å²) < 4.78 is 0. The fraction of sp³-hybridized carbons (Fsp3) is 0.333. The molecule has 0 aliphatic carbocycles. The van der Waals surface area contributed by atoms with Crippen molar-refractivity contribution in [1.82, 2.24) is 14.9 Å². The van der Waals surface area contributed by atoms with Crippen molar-refractivity contribution in [3.63, 3.8) is 0 Å². The van der Waals surface area contributed by atoms with Crippen molar-refractivity contribution < 1.29 is 14.7 Å². The predicted molar refractivity (Wildman–Crippen MR) is 105 cm³/mol. The van der Waals surface area contributed by atoms with Crippen molar-refractivity contribution in [2.75, 3.05) is 43.2 Å². The summed E-state index contributed by atoms with van der Waals surface area (Å²) in [6, 6.07) is 7.37.